The number of hydrogen-bond donors (Lipinski definition) is 2. The summed E-state index contributed by atoms with van der Waals surface area (Å²) in [5.74, 6) is -2.15. The minimum Gasteiger partial charge on any atom is -0.477 e. The number of carboxylic acids is 1. The highest BCUT2D eigenvalue weighted by atomic mass is 35.5. The van der Waals surface area contributed by atoms with Crippen molar-refractivity contribution in [2.75, 3.05) is 18.0 Å². The van der Waals surface area contributed by atoms with Crippen LogP contribution in [0.5, 0.6) is 0 Å². The maximum atomic E-state index is 15.0. The molecular weight excluding hydrogens is 392 g/mol. The number of alkyl halides is 1. The van der Waals surface area contributed by atoms with Crippen molar-refractivity contribution in [2.24, 2.45) is 11.1 Å². The third-order valence-corrected chi connectivity index (χ3v) is 6.73. The Balaban J connectivity index is 1.75. The molecule has 3 N–H and O–H groups in total. The molecule has 6 nitrogen and oxygen atoms in total. The van der Waals surface area contributed by atoms with Gasteiger partial charge in [-0.25, -0.2) is 13.6 Å². The summed E-state index contributed by atoms with van der Waals surface area (Å²) in [5, 5.41) is 9.16. The number of nitrogens with zero attached hydrogens (tertiary/aromatic N) is 2. The van der Waals surface area contributed by atoms with Gasteiger partial charge in [0.05, 0.1) is 27.7 Å². The third-order valence-electron chi connectivity index (χ3n) is 6.37. The minimum absolute atomic E-state index is 0.00645. The molecule has 1 saturated heterocycles. The number of hydrogen-bond acceptors (Lipinski definition) is 4. The third kappa shape index (κ3) is 2.40. The van der Waals surface area contributed by atoms with Crippen LogP contribution in [0.4, 0.5) is 14.5 Å². The van der Waals surface area contributed by atoms with Crippen LogP contribution in [0.1, 0.15) is 35.7 Å². The lowest BCUT2D eigenvalue weighted by atomic mass is 10.0. The number of carboxylic acid groups (broad SMARTS) is 1. The van der Waals surface area contributed by atoms with Gasteiger partial charge in [0, 0.05) is 37.2 Å². The van der Waals surface area contributed by atoms with Crippen molar-refractivity contribution in [3.05, 3.63) is 38.9 Å². The van der Waals surface area contributed by atoms with Crippen LogP contribution in [-0.4, -0.2) is 40.9 Å². The van der Waals surface area contributed by atoms with Gasteiger partial charge in [0.2, 0.25) is 5.43 Å². The Morgan fingerprint density at radius 2 is 2.07 bits per heavy atom. The molecule has 3 fully saturated rings. The zero-order chi connectivity index (χ0) is 20.0. The highest BCUT2D eigenvalue weighted by Crippen LogP contribution is 2.54. The fraction of sp³-hybridized carbons (Fsp3) is 0.474. The number of pyridine rings is 1. The molecule has 148 valence electrons. The van der Waals surface area contributed by atoms with Crippen LogP contribution in [-0.2, 0) is 0 Å². The molecule has 2 heterocycles. The van der Waals surface area contributed by atoms with Crippen molar-refractivity contribution in [1.29, 1.82) is 0 Å². The van der Waals surface area contributed by atoms with E-state index in [0.717, 1.165) is 25.1 Å². The molecule has 3 atom stereocenters. The van der Waals surface area contributed by atoms with E-state index >= 15 is 4.39 Å². The number of carbonyl (C=O) groups is 1. The molecule has 1 aliphatic heterocycles. The Bertz CT molecular complexity index is 1100. The van der Waals surface area contributed by atoms with Gasteiger partial charge in [-0.2, -0.15) is 0 Å². The van der Waals surface area contributed by atoms with E-state index < -0.39 is 35.0 Å². The molecule has 9 heteroatoms. The molecule has 3 aliphatic rings. The van der Waals surface area contributed by atoms with Crippen LogP contribution in [0.3, 0.4) is 0 Å². The van der Waals surface area contributed by atoms with Crippen molar-refractivity contribution in [3.63, 3.8) is 0 Å². The van der Waals surface area contributed by atoms with E-state index in [-0.39, 0.29) is 39.5 Å². The molecule has 1 spiro atoms. The summed E-state index contributed by atoms with van der Waals surface area (Å²) in [6.07, 6.45) is 2.11. The molecule has 5 rings (SSSR count). The number of halogens is 3. The first kappa shape index (κ1) is 17.9. The predicted molar refractivity (Wildman–Crippen MR) is 101 cm³/mol. The Kier molecular flexibility index (Phi) is 3.62. The molecule has 28 heavy (non-hydrogen) atoms. The van der Waals surface area contributed by atoms with Gasteiger partial charge in [-0.15, -0.1) is 0 Å². The average molecular weight is 410 g/mol. The van der Waals surface area contributed by atoms with Crippen LogP contribution in [0.25, 0.3) is 10.9 Å². The van der Waals surface area contributed by atoms with E-state index in [2.05, 4.69) is 0 Å². The molecule has 0 amide bonds. The van der Waals surface area contributed by atoms with Crippen molar-refractivity contribution in [2.45, 2.75) is 37.5 Å². The monoisotopic (exact) mass is 409 g/mol. The maximum absolute atomic E-state index is 15.0. The van der Waals surface area contributed by atoms with Crippen molar-refractivity contribution in [3.8, 4) is 0 Å². The molecule has 0 radical (unpaired) electrons. The van der Waals surface area contributed by atoms with Gasteiger partial charge in [0.15, 0.2) is 0 Å². The van der Waals surface area contributed by atoms with Gasteiger partial charge < -0.3 is 20.3 Å². The summed E-state index contributed by atoms with van der Waals surface area (Å²) in [7, 11) is 0. The lowest BCUT2D eigenvalue weighted by Gasteiger charge is -2.23. The van der Waals surface area contributed by atoms with Crippen molar-refractivity contribution in [1.82, 2.24) is 4.57 Å². The quantitative estimate of drug-likeness (QED) is 0.813. The fourth-order valence-corrected chi connectivity index (χ4v) is 4.84. The van der Waals surface area contributed by atoms with Crippen molar-refractivity contribution >= 4 is 34.2 Å². The van der Waals surface area contributed by atoms with Gasteiger partial charge in [-0.05, 0) is 18.9 Å². The van der Waals surface area contributed by atoms with Crippen LogP contribution in [0, 0.1) is 11.2 Å². The summed E-state index contributed by atoms with van der Waals surface area (Å²) in [5.41, 5.74) is 5.15. The van der Waals surface area contributed by atoms with E-state index in [9.17, 15) is 19.1 Å². The number of nitrogens with two attached hydrogens (primary N) is 1. The Morgan fingerprint density at radius 3 is 2.61 bits per heavy atom. The first-order valence-corrected chi connectivity index (χ1v) is 9.56. The van der Waals surface area contributed by atoms with Crippen LogP contribution >= 0.6 is 11.6 Å². The van der Waals surface area contributed by atoms with E-state index in [0.29, 0.717) is 13.1 Å². The summed E-state index contributed by atoms with van der Waals surface area (Å²) in [6.45, 7) is 1.01. The number of aromatic carboxylic acids is 1. The lowest BCUT2D eigenvalue weighted by Crippen LogP contribution is -2.30. The number of rotatable bonds is 3. The molecule has 0 bridgehead atoms. The van der Waals surface area contributed by atoms with E-state index in [1.807, 2.05) is 0 Å². The minimum atomic E-state index is -1.45. The summed E-state index contributed by atoms with van der Waals surface area (Å²) >= 11 is 6.56. The number of anilines is 1. The normalized spacial score (nSPS) is 27.6. The average Bonchev–Trinajstić information content (AvgIpc) is 3.51. The topological polar surface area (TPSA) is 88.6 Å². The molecular formula is C19H18ClF2N3O3. The van der Waals surface area contributed by atoms with Gasteiger partial charge >= 0.3 is 5.97 Å². The van der Waals surface area contributed by atoms with Crippen LogP contribution < -0.4 is 16.1 Å². The fourth-order valence-electron chi connectivity index (χ4n) is 4.43. The molecule has 2 aromatic rings. The van der Waals surface area contributed by atoms with Gasteiger partial charge in [-0.1, -0.05) is 11.6 Å². The largest absolute Gasteiger partial charge is 0.477 e. The van der Waals surface area contributed by atoms with E-state index in [4.69, 9.17) is 17.3 Å². The van der Waals surface area contributed by atoms with Crippen LogP contribution in [0.15, 0.2) is 17.1 Å². The first-order chi connectivity index (χ1) is 13.2. The second kappa shape index (κ2) is 5.67. The zero-order valence-electron chi connectivity index (χ0n) is 14.8. The van der Waals surface area contributed by atoms with E-state index in [1.165, 1.54) is 4.57 Å². The Labute approximate surface area is 163 Å². The Hall–Kier alpha value is -2.19. The van der Waals surface area contributed by atoms with Gasteiger partial charge in [0.1, 0.15) is 17.6 Å². The predicted octanol–water partition coefficient (Wildman–Crippen LogP) is 2.70. The zero-order valence-corrected chi connectivity index (χ0v) is 15.5. The first-order valence-electron chi connectivity index (χ1n) is 9.18. The molecule has 2 saturated carbocycles. The Morgan fingerprint density at radius 1 is 1.39 bits per heavy atom. The smallest absolute Gasteiger partial charge is 0.341 e. The SMILES string of the molecule is N[C@H]1CN(c2c(F)cc3c(=O)c(C(=O)O)cn(C4CC4F)c3c2Cl)CC12CC2. The maximum Gasteiger partial charge on any atom is 0.341 e. The second-order valence-electron chi connectivity index (χ2n) is 8.17. The van der Waals surface area contributed by atoms with Gasteiger partial charge in [-0.3, -0.25) is 4.79 Å². The highest BCUT2D eigenvalue weighted by molar-refractivity contribution is 6.38. The number of aromatic nitrogens is 1. The highest BCUT2D eigenvalue weighted by Gasteiger charge is 2.54. The summed E-state index contributed by atoms with van der Waals surface area (Å²) < 4.78 is 30.2. The lowest BCUT2D eigenvalue weighted by molar-refractivity contribution is 0.0694. The van der Waals surface area contributed by atoms with E-state index in [1.54, 1.807) is 4.90 Å². The molecule has 2 unspecified atom stereocenters. The van der Waals surface area contributed by atoms with Crippen molar-refractivity contribution < 1.29 is 18.7 Å². The molecule has 1 aromatic heterocycles. The van der Waals surface area contributed by atoms with Crippen LogP contribution in [0.2, 0.25) is 5.02 Å². The van der Waals surface area contributed by atoms with Gasteiger partial charge in [0.25, 0.3) is 0 Å². The molecule has 2 aliphatic carbocycles. The number of benzene rings is 1. The summed E-state index contributed by atoms with van der Waals surface area (Å²) in [6, 6.07) is 0.308. The second-order valence-corrected chi connectivity index (χ2v) is 8.55. The molecule has 1 aromatic carbocycles. The summed E-state index contributed by atoms with van der Waals surface area (Å²) in [4.78, 5) is 25.8. The standard InChI is InChI=1S/C19H18ClF2N3O3/c20-14-15-8(17(26)9(18(27)28)5-25(15)12-4-10(12)21)3-11(22)16(14)24-6-13(23)19(7-24)1-2-19/h3,5,10,12-13H,1-2,4,6-7,23H2,(H,27,28)/t10?,12?,13-/m0/s1. The number of fused-ring (bicyclic) bond motifs is 1.